The average Bonchev–Trinajstić information content (AvgIpc) is 2.21. The molecule has 3 atom stereocenters. The van der Waals surface area contributed by atoms with Crippen LogP contribution in [0.3, 0.4) is 0 Å². The lowest BCUT2D eigenvalue weighted by molar-refractivity contribution is 0.0231. The van der Waals surface area contributed by atoms with E-state index in [1.165, 1.54) is 25.7 Å². The van der Waals surface area contributed by atoms with Crippen molar-refractivity contribution in [2.24, 2.45) is 11.8 Å². The molecule has 0 saturated carbocycles. The molecule has 1 N–H and O–H groups in total. The Labute approximate surface area is 94.8 Å². The molecule has 1 aliphatic heterocycles. The van der Waals surface area contributed by atoms with Crippen LogP contribution in [0.1, 0.15) is 46.5 Å². The molecule has 2 nitrogen and oxygen atoms in total. The summed E-state index contributed by atoms with van der Waals surface area (Å²) in [5.74, 6) is 1.59. The number of nitrogens with one attached hydrogen (secondary N) is 1. The highest BCUT2D eigenvalue weighted by Crippen LogP contribution is 2.24. The molecule has 1 heterocycles. The summed E-state index contributed by atoms with van der Waals surface area (Å²) in [5.41, 5.74) is 0. The average molecular weight is 213 g/mol. The van der Waals surface area contributed by atoms with E-state index < -0.39 is 0 Å². The molecule has 0 amide bonds. The highest BCUT2D eigenvalue weighted by Gasteiger charge is 2.25. The molecule has 0 radical (unpaired) electrons. The van der Waals surface area contributed by atoms with Crippen molar-refractivity contribution < 1.29 is 4.74 Å². The Morgan fingerprint density at radius 2 is 2.20 bits per heavy atom. The summed E-state index contributed by atoms with van der Waals surface area (Å²) in [6, 6.07) is 0.697. The molecule has 2 heteroatoms. The highest BCUT2D eigenvalue weighted by atomic mass is 16.5. The third-order valence-electron chi connectivity index (χ3n) is 3.43. The van der Waals surface area contributed by atoms with Gasteiger partial charge in [-0.15, -0.1) is 0 Å². The number of rotatable bonds is 6. The molecule has 0 bridgehead atoms. The molecule has 15 heavy (non-hydrogen) atoms. The van der Waals surface area contributed by atoms with Gasteiger partial charge in [0.2, 0.25) is 0 Å². The quantitative estimate of drug-likeness (QED) is 0.732. The number of hydrogen-bond acceptors (Lipinski definition) is 2. The van der Waals surface area contributed by atoms with Gasteiger partial charge in [0.1, 0.15) is 0 Å². The van der Waals surface area contributed by atoms with Crippen LogP contribution in [0.15, 0.2) is 0 Å². The van der Waals surface area contributed by atoms with E-state index in [1.54, 1.807) is 0 Å². The van der Waals surface area contributed by atoms with E-state index in [-0.39, 0.29) is 0 Å². The smallest absolute Gasteiger partial charge is 0.0509 e. The summed E-state index contributed by atoms with van der Waals surface area (Å²) in [5, 5.41) is 3.60. The fourth-order valence-electron chi connectivity index (χ4n) is 2.69. The van der Waals surface area contributed by atoms with Gasteiger partial charge in [0.15, 0.2) is 0 Å². The van der Waals surface area contributed by atoms with Crippen molar-refractivity contribution in [3.05, 3.63) is 0 Å². The van der Waals surface area contributed by atoms with Crippen molar-refractivity contribution in [2.45, 2.75) is 52.5 Å². The lowest BCUT2D eigenvalue weighted by atomic mass is 9.85. The van der Waals surface area contributed by atoms with Crippen LogP contribution in [0.25, 0.3) is 0 Å². The summed E-state index contributed by atoms with van der Waals surface area (Å²) in [4.78, 5) is 0. The molecule has 1 saturated heterocycles. The zero-order valence-electron chi connectivity index (χ0n) is 10.6. The van der Waals surface area contributed by atoms with E-state index in [0.29, 0.717) is 6.04 Å². The molecule has 0 aromatic carbocycles. The topological polar surface area (TPSA) is 21.3 Å². The van der Waals surface area contributed by atoms with Crippen LogP contribution in [0, 0.1) is 11.8 Å². The summed E-state index contributed by atoms with van der Waals surface area (Å²) >= 11 is 0. The normalized spacial score (nSPS) is 29.0. The summed E-state index contributed by atoms with van der Waals surface area (Å²) < 4.78 is 5.60. The predicted octanol–water partition coefficient (Wildman–Crippen LogP) is 2.83. The second-order valence-corrected chi connectivity index (χ2v) is 4.92. The Hall–Kier alpha value is -0.0800. The third kappa shape index (κ3) is 4.52. The summed E-state index contributed by atoms with van der Waals surface area (Å²) in [6.07, 6.45) is 5.18. The van der Waals surface area contributed by atoms with E-state index in [4.69, 9.17) is 4.74 Å². The first-order valence-corrected chi connectivity index (χ1v) is 6.59. The fraction of sp³-hybridized carbons (Fsp3) is 1.00. The van der Waals surface area contributed by atoms with Gasteiger partial charge in [-0.05, 0) is 31.2 Å². The van der Waals surface area contributed by atoms with Gasteiger partial charge in [0.25, 0.3) is 0 Å². The van der Waals surface area contributed by atoms with E-state index in [1.807, 2.05) is 0 Å². The van der Waals surface area contributed by atoms with Crippen molar-refractivity contribution in [3.8, 4) is 0 Å². The van der Waals surface area contributed by atoms with Crippen LogP contribution >= 0.6 is 0 Å². The lowest BCUT2D eigenvalue weighted by Crippen LogP contribution is -2.43. The number of ether oxygens (including phenoxy) is 1. The van der Waals surface area contributed by atoms with Crippen LogP contribution in [-0.2, 0) is 4.74 Å². The molecule has 0 aliphatic carbocycles. The standard InChI is InChI=1S/C13H27NO/c1-4-6-11(3)9-12-10-15-8-7-13(12)14-5-2/h11-14H,4-10H2,1-3H3. The maximum atomic E-state index is 5.60. The van der Waals surface area contributed by atoms with Crippen LogP contribution in [0.4, 0.5) is 0 Å². The van der Waals surface area contributed by atoms with Gasteiger partial charge in [-0.2, -0.15) is 0 Å². The Morgan fingerprint density at radius 3 is 2.87 bits per heavy atom. The van der Waals surface area contributed by atoms with Crippen LogP contribution in [0.5, 0.6) is 0 Å². The molecule has 0 aromatic heterocycles. The lowest BCUT2D eigenvalue weighted by Gasteiger charge is -2.33. The minimum atomic E-state index is 0.697. The molecule has 1 aliphatic rings. The fourth-order valence-corrected chi connectivity index (χ4v) is 2.69. The van der Waals surface area contributed by atoms with Gasteiger partial charge in [0, 0.05) is 12.6 Å². The van der Waals surface area contributed by atoms with Gasteiger partial charge in [0.05, 0.1) is 6.61 Å². The Morgan fingerprint density at radius 1 is 1.40 bits per heavy atom. The Balaban J connectivity index is 2.34. The molecule has 90 valence electrons. The molecule has 3 unspecified atom stereocenters. The molecule has 1 fully saturated rings. The van der Waals surface area contributed by atoms with Crippen molar-refractivity contribution in [3.63, 3.8) is 0 Å². The summed E-state index contributed by atoms with van der Waals surface area (Å²) in [7, 11) is 0. The zero-order valence-corrected chi connectivity index (χ0v) is 10.6. The summed E-state index contributed by atoms with van der Waals surface area (Å²) in [6.45, 7) is 9.84. The van der Waals surface area contributed by atoms with Gasteiger partial charge >= 0.3 is 0 Å². The molecule has 1 rings (SSSR count). The van der Waals surface area contributed by atoms with Gasteiger partial charge < -0.3 is 10.1 Å². The minimum Gasteiger partial charge on any atom is -0.381 e. The largest absolute Gasteiger partial charge is 0.381 e. The SMILES string of the molecule is CCCC(C)CC1COCCC1NCC. The van der Waals surface area contributed by atoms with E-state index in [0.717, 1.165) is 31.6 Å². The second kappa shape index (κ2) is 7.24. The van der Waals surface area contributed by atoms with E-state index >= 15 is 0 Å². The zero-order chi connectivity index (χ0) is 11.1. The Kier molecular flexibility index (Phi) is 6.26. The highest BCUT2D eigenvalue weighted by molar-refractivity contribution is 4.80. The van der Waals surface area contributed by atoms with Gasteiger partial charge in [-0.3, -0.25) is 0 Å². The molecule has 0 spiro atoms. The first-order valence-electron chi connectivity index (χ1n) is 6.59. The van der Waals surface area contributed by atoms with Crippen molar-refractivity contribution in [1.29, 1.82) is 0 Å². The molecule has 0 aromatic rings. The van der Waals surface area contributed by atoms with Crippen molar-refractivity contribution >= 4 is 0 Å². The first-order chi connectivity index (χ1) is 7.27. The minimum absolute atomic E-state index is 0.697. The maximum absolute atomic E-state index is 5.60. The maximum Gasteiger partial charge on any atom is 0.0509 e. The van der Waals surface area contributed by atoms with E-state index in [9.17, 15) is 0 Å². The van der Waals surface area contributed by atoms with Crippen LogP contribution in [0.2, 0.25) is 0 Å². The predicted molar refractivity (Wildman–Crippen MR) is 65.1 cm³/mol. The first kappa shape index (κ1) is 13.0. The van der Waals surface area contributed by atoms with Crippen LogP contribution in [-0.4, -0.2) is 25.8 Å². The van der Waals surface area contributed by atoms with E-state index in [2.05, 4.69) is 26.1 Å². The van der Waals surface area contributed by atoms with Crippen molar-refractivity contribution in [1.82, 2.24) is 5.32 Å². The monoisotopic (exact) mass is 213 g/mol. The van der Waals surface area contributed by atoms with Crippen LogP contribution < -0.4 is 5.32 Å². The van der Waals surface area contributed by atoms with Gasteiger partial charge in [-0.1, -0.05) is 33.6 Å². The Bertz CT molecular complexity index is 159. The number of hydrogen-bond donors (Lipinski definition) is 1. The molecular weight excluding hydrogens is 186 g/mol. The van der Waals surface area contributed by atoms with Gasteiger partial charge in [-0.25, -0.2) is 0 Å². The molecular formula is C13H27NO. The third-order valence-corrected chi connectivity index (χ3v) is 3.43. The second-order valence-electron chi connectivity index (χ2n) is 4.92. The van der Waals surface area contributed by atoms with Crippen molar-refractivity contribution in [2.75, 3.05) is 19.8 Å².